The third kappa shape index (κ3) is 3.97. The average molecular weight is 290 g/mol. The number of rotatable bonds is 5. The molecule has 0 amide bonds. The van der Waals surface area contributed by atoms with Gasteiger partial charge in [-0.05, 0) is 35.9 Å². The summed E-state index contributed by atoms with van der Waals surface area (Å²) in [5, 5.41) is 9.76. The molecule has 0 spiro atoms. The molecule has 0 aliphatic heterocycles. The number of ether oxygens (including phenoxy) is 1. The van der Waals surface area contributed by atoms with E-state index in [4.69, 9.17) is 21.6 Å². The van der Waals surface area contributed by atoms with Gasteiger partial charge in [-0.15, -0.1) is 0 Å². The normalized spacial score (nSPS) is 11.7. The SMILES string of the molecule is N#CC(CCOc1cccc(Cl)c1)c1cccc(F)c1. The van der Waals surface area contributed by atoms with Gasteiger partial charge in [-0.1, -0.05) is 29.8 Å². The first kappa shape index (κ1) is 14.4. The van der Waals surface area contributed by atoms with Gasteiger partial charge in [0.05, 0.1) is 18.6 Å². The molecule has 0 radical (unpaired) electrons. The summed E-state index contributed by atoms with van der Waals surface area (Å²) in [5.74, 6) is -0.0585. The van der Waals surface area contributed by atoms with E-state index in [0.717, 1.165) is 0 Å². The summed E-state index contributed by atoms with van der Waals surface area (Å²) in [6, 6.07) is 15.3. The highest BCUT2D eigenvalue weighted by molar-refractivity contribution is 6.30. The van der Waals surface area contributed by atoms with Crippen LogP contribution in [0.2, 0.25) is 5.02 Å². The molecule has 1 unspecified atom stereocenters. The maximum atomic E-state index is 13.1. The van der Waals surface area contributed by atoms with Gasteiger partial charge in [0.2, 0.25) is 0 Å². The van der Waals surface area contributed by atoms with Crippen molar-refractivity contribution in [2.75, 3.05) is 6.61 Å². The average Bonchev–Trinajstić information content (AvgIpc) is 2.44. The van der Waals surface area contributed by atoms with Crippen LogP contribution in [0.25, 0.3) is 0 Å². The number of hydrogen-bond donors (Lipinski definition) is 0. The smallest absolute Gasteiger partial charge is 0.123 e. The van der Waals surface area contributed by atoms with Crippen molar-refractivity contribution in [2.24, 2.45) is 0 Å². The number of nitrogens with zero attached hydrogens (tertiary/aromatic N) is 1. The van der Waals surface area contributed by atoms with E-state index in [1.54, 1.807) is 36.4 Å². The summed E-state index contributed by atoms with van der Waals surface area (Å²) in [6.07, 6.45) is 0.493. The third-order valence-electron chi connectivity index (χ3n) is 2.88. The minimum atomic E-state index is -0.384. The van der Waals surface area contributed by atoms with E-state index < -0.39 is 0 Å². The standard InChI is InChI=1S/C16H13ClFNO/c17-14-4-2-6-16(10-14)20-8-7-13(11-19)12-3-1-5-15(18)9-12/h1-6,9-10,13H,7-8H2. The van der Waals surface area contributed by atoms with Crippen LogP contribution in [0, 0.1) is 17.1 Å². The van der Waals surface area contributed by atoms with Crippen LogP contribution in [0.4, 0.5) is 4.39 Å². The summed E-state index contributed by atoms with van der Waals surface area (Å²) in [5.41, 5.74) is 0.669. The molecule has 1 atom stereocenters. The molecule has 2 rings (SSSR count). The Bertz CT molecular complexity index is 624. The van der Waals surface area contributed by atoms with E-state index in [1.807, 2.05) is 0 Å². The van der Waals surface area contributed by atoms with Crippen molar-refractivity contribution < 1.29 is 9.13 Å². The molecule has 0 aromatic heterocycles. The molecular formula is C16H13ClFNO. The van der Waals surface area contributed by atoms with Gasteiger partial charge in [0.15, 0.2) is 0 Å². The van der Waals surface area contributed by atoms with Crippen LogP contribution < -0.4 is 4.74 Å². The predicted octanol–water partition coefficient (Wildman–Crippen LogP) is 4.56. The van der Waals surface area contributed by atoms with E-state index in [-0.39, 0.29) is 11.7 Å². The topological polar surface area (TPSA) is 33.0 Å². The molecule has 102 valence electrons. The minimum absolute atomic E-state index is 0.335. The Morgan fingerprint density at radius 1 is 1.20 bits per heavy atom. The van der Waals surface area contributed by atoms with Gasteiger partial charge < -0.3 is 4.74 Å². The van der Waals surface area contributed by atoms with Crippen molar-refractivity contribution in [1.29, 1.82) is 5.26 Å². The highest BCUT2D eigenvalue weighted by atomic mass is 35.5. The minimum Gasteiger partial charge on any atom is -0.493 e. The Hall–Kier alpha value is -2.05. The third-order valence-corrected chi connectivity index (χ3v) is 3.11. The highest BCUT2D eigenvalue weighted by Gasteiger charge is 2.11. The molecule has 0 bridgehead atoms. The van der Waals surface area contributed by atoms with E-state index >= 15 is 0 Å². The van der Waals surface area contributed by atoms with E-state index in [9.17, 15) is 4.39 Å². The van der Waals surface area contributed by atoms with E-state index in [1.165, 1.54) is 12.1 Å². The summed E-state index contributed by atoms with van der Waals surface area (Å²) < 4.78 is 18.7. The van der Waals surface area contributed by atoms with Gasteiger partial charge in [0.1, 0.15) is 11.6 Å². The first-order valence-electron chi connectivity index (χ1n) is 6.22. The van der Waals surface area contributed by atoms with Crippen LogP contribution in [0.15, 0.2) is 48.5 Å². The molecule has 0 aliphatic rings. The van der Waals surface area contributed by atoms with Crippen molar-refractivity contribution in [1.82, 2.24) is 0 Å². The second-order valence-corrected chi connectivity index (χ2v) is 4.77. The monoisotopic (exact) mass is 289 g/mol. The van der Waals surface area contributed by atoms with Gasteiger partial charge in [-0.3, -0.25) is 0 Å². The van der Waals surface area contributed by atoms with Crippen LogP contribution in [0.5, 0.6) is 5.75 Å². The number of nitriles is 1. The Labute approximate surface area is 122 Å². The number of hydrogen-bond acceptors (Lipinski definition) is 2. The van der Waals surface area contributed by atoms with Crippen LogP contribution >= 0.6 is 11.6 Å². The Kier molecular flexibility index (Phi) is 4.97. The van der Waals surface area contributed by atoms with Crippen molar-refractivity contribution in [3.8, 4) is 11.8 Å². The summed E-state index contributed by atoms with van der Waals surface area (Å²) >= 11 is 5.85. The molecule has 0 N–H and O–H groups in total. The highest BCUT2D eigenvalue weighted by Crippen LogP contribution is 2.21. The number of halogens is 2. The molecule has 4 heteroatoms. The van der Waals surface area contributed by atoms with Gasteiger partial charge >= 0.3 is 0 Å². The lowest BCUT2D eigenvalue weighted by atomic mass is 9.98. The van der Waals surface area contributed by atoms with Crippen molar-refractivity contribution in [3.63, 3.8) is 0 Å². The van der Waals surface area contributed by atoms with Crippen molar-refractivity contribution >= 4 is 11.6 Å². The molecule has 2 aromatic rings. The van der Waals surface area contributed by atoms with Crippen molar-refractivity contribution in [3.05, 3.63) is 64.9 Å². The summed E-state index contributed by atoms with van der Waals surface area (Å²) in [4.78, 5) is 0. The molecule has 0 aliphatic carbocycles. The van der Waals surface area contributed by atoms with Gasteiger partial charge in [0.25, 0.3) is 0 Å². The number of benzene rings is 2. The summed E-state index contributed by atoms with van der Waals surface area (Å²) in [7, 11) is 0. The lowest BCUT2D eigenvalue weighted by Gasteiger charge is -2.11. The van der Waals surface area contributed by atoms with Gasteiger partial charge in [0, 0.05) is 11.4 Å². The Balaban J connectivity index is 1.93. The quantitative estimate of drug-likeness (QED) is 0.808. The molecule has 0 saturated carbocycles. The zero-order valence-corrected chi connectivity index (χ0v) is 11.5. The maximum absolute atomic E-state index is 13.1. The fourth-order valence-electron chi connectivity index (χ4n) is 1.88. The largest absolute Gasteiger partial charge is 0.493 e. The Morgan fingerprint density at radius 2 is 2.00 bits per heavy atom. The first-order valence-corrected chi connectivity index (χ1v) is 6.60. The molecule has 0 fully saturated rings. The van der Waals surface area contributed by atoms with Crippen LogP contribution in [-0.2, 0) is 0 Å². The predicted molar refractivity (Wildman–Crippen MR) is 76.3 cm³/mol. The molecule has 2 aromatic carbocycles. The second kappa shape index (κ2) is 6.93. The first-order chi connectivity index (χ1) is 9.69. The maximum Gasteiger partial charge on any atom is 0.123 e. The fraction of sp³-hybridized carbons (Fsp3) is 0.188. The van der Waals surface area contributed by atoms with Gasteiger partial charge in [-0.2, -0.15) is 5.26 Å². The van der Waals surface area contributed by atoms with Crippen molar-refractivity contribution in [2.45, 2.75) is 12.3 Å². The van der Waals surface area contributed by atoms with E-state index in [2.05, 4.69) is 6.07 Å². The molecular weight excluding hydrogens is 277 g/mol. The molecule has 20 heavy (non-hydrogen) atoms. The zero-order valence-electron chi connectivity index (χ0n) is 10.7. The van der Waals surface area contributed by atoms with Crippen LogP contribution in [0.1, 0.15) is 17.9 Å². The molecule has 2 nitrogen and oxygen atoms in total. The zero-order chi connectivity index (χ0) is 14.4. The fourth-order valence-corrected chi connectivity index (χ4v) is 2.06. The van der Waals surface area contributed by atoms with Crippen LogP contribution in [-0.4, -0.2) is 6.61 Å². The second-order valence-electron chi connectivity index (χ2n) is 4.33. The summed E-state index contributed by atoms with van der Waals surface area (Å²) in [6.45, 7) is 0.370. The molecule has 0 saturated heterocycles. The lowest BCUT2D eigenvalue weighted by molar-refractivity contribution is 0.306. The van der Waals surface area contributed by atoms with Crippen LogP contribution in [0.3, 0.4) is 0 Å². The van der Waals surface area contributed by atoms with E-state index in [0.29, 0.717) is 29.4 Å². The molecule has 0 heterocycles. The lowest BCUT2D eigenvalue weighted by Crippen LogP contribution is -2.04. The van der Waals surface area contributed by atoms with Gasteiger partial charge in [-0.25, -0.2) is 4.39 Å². The Morgan fingerprint density at radius 3 is 2.70 bits per heavy atom.